The zero-order chi connectivity index (χ0) is 15.9. The maximum Gasteiger partial charge on any atom is 0.270 e. The van der Waals surface area contributed by atoms with Crippen LogP contribution in [0.25, 0.3) is 0 Å². The Hall–Kier alpha value is -1.88. The molecule has 0 aromatic heterocycles. The number of nitrogens with zero attached hydrogens (tertiary/aromatic N) is 1. The van der Waals surface area contributed by atoms with E-state index in [0.29, 0.717) is 17.0 Å². The van der Waals surface area contributed by atoms with Crippen molar-refractivity contribution in [1.29, 1.82) is 0 Å². The molecule has 22 heavy (non-hydrogen) atoms. The summed E-state index contributed by atoms with van der Waals surface area (Å²) in [5.41, 5.74) is 0.408. The van der Waals surface area contributed by atoms with Gasteiger partial charge in [-0.05, 0) is 51.4 Å². The highest BCUT2D eigenvalue weighted by Gasteiger charge is 2.39. The van der Waals surface area contributed by atoms with E-state index in [4.69, 9.17) is 4.74 Å². The number of ketones is 1. The maximum atomic E-state index is 12.6. The second kappa shape index (κ2) is 5.39. The Balaban J connectivity index is 1.91. The molecule has 0 spiro atoms. The molecule has 1 amide bonds. The van der Waals surface area contributed by atoms with E-state index in [1.807, 2.05) is 0 Å². The van der Waals surface area contributed by atoms with Crippen LogP contribution in [-0.4, -0.2) is 36.9 Å². The smallest absolute Gasteiger partial charge is 0.270 e. The maximum absolute atomic E-state index is 12.6. The summed E-state index contributed by atoms with van der Waals surface area (Å²) >= 11 is 0. The molecule has 1 aromatic rings. The van der Waals surface area contributed by atoms with Gasteiger partial charge in [-0.25, -0.2) is 0 Å². The second-order valence-corrected chi connectivity index (χ2v) is 6.53. The molecule has 1 aromatic carbocycles. The third-order valence-corrected chi connectivity index (χ3v) is 4.42. The van der Waals surface area contributed by atoms with Crippen molar-refractivity contribution in [2.45, 2.75) is 44.8 Å². The van der Waals surface area contributed by atoms with Gasteiger partial charge in [-0.3, -0.25) is 9.59 Å². The molecule has 0 radical (unpaired) electrons. The number of Topliss-reactive ketones (excluding diaryl/α,β-unsaturated/α-hetero) is 1. The van der Waals surface area contributed by atoms with Gasteiger partial charge >= 0.3 is 0 Å². The molecule has 0 bridgehead atoms. The average Bonchev–Trinajstić information content (AvgIpc) is 2.52. The molecule has 3 rings (SSSR count). The molecule has 1 atom stereocenters. The summed E-state index contributed by atoms with van der Waals surface area (Å²) in [5, 5.41) is 3.27. The molecule has 0 saturated carbocycles. The molecular weight excluding hydrogens is 280 g/mol. The SMILES string of the molecule is CN1C(=O)C(C)(C)Oc2ccc(C(=O)C3CCCCN3)cc21. The molecule has 1 fully saturated rings. The van der Waals surface area contributed by atoms with Gasteiger partial charge in [0, 0.05) is 12.6 Å². The molecule has 5 heteroatoms. The highest BCUT2D eigenvalue weighted by molar-refractivity contribution is 6.05. The van der Waals surface area contributed by atoms with E-state index in [9.17, 15) is 9.59 Å². The Bertz CT molecular complexity index is 618. The first-order chi connectivity index (χ1) is 10.4. The van der Waals surface area contributed by atoms with Gasteiger partial charge in [-0.15, -0.1) is 0 Å². The fourth-order valence-corrected chi connectivity index (χ4v) is 3.13. The van der Waals surface area contributed by atoms with E-state index in [1.54, 1.807) is 44.0 Å². The predicted octanol–water partition coefficient (Wildman–Crippen LogP) is 2.15. The van der Waals surface area contributed by atoms with Crippen molar-refractivity contribution in [1.82, 2.24) is 5.32 Å². The quantitative estimate of drug-likeness (QED) is 0.850. The second-order valence-electron chi connectivity index (χ2n) is 6.53. The number of rotatable bonds is 2. The third kappa shape index (κ3) is 2.50. The summed E-state index contributed by atoms with van der Waals surface area (Å²) in [5.74, 6) is 0.619. The van der Waals surface area contributed by atoms with Gasteiger partial charge in [0.15, 0.2) is 11.4 Å². The number of amides is 1. The lowest BCUT2D eigenvalue weighted by molar-refractivity contribution is -0.132. The Morgan fingerprint density at radius 1 is 1.36 bits per heavy atom. The van der Waals surface area contributed by atoms with Gasteiger partial charge in [0.05, 0.1) is 11.7 Å². The number of piperidine rings is 1. The fraction of sp³-hybridized carbons (Fsp3) is 0.529. The van der Waals surface area contributed by atoms with E-state index >= 15 is 0 Å². The Kier molecular flexibility index (Phi) is 3.68. The van der Waals surface area contributed by atoms with Crippen LogP contribution in [0.15, 0.2) is 18.2 Å². The minimum atomic E-state index is -0.877. The van der Waals surface area contributed by atoms with Crippen LogP contribution in [0.5, 0.6) is 5.75 Å². The third-order valence-electron chi connectivity index (χ3n) is 4.42. The summed E-state index contributed by atoms with van der Waals surface area (Å²) in [7, 11) is 1.72. The molecule has 2 aliphatic rings. The number of likely N-dealkylation sites (N-methyl/N-ethyl adjacent to an activating group) is 1. The minimum absolute atomic E-state index is 0.0909. The number of hydrogen-bond acceptors (Lipinski definition) is 4. The number of benzene rings is 1. The zero-order valence-corrected chi connectivity index (χ0v) is 13.3. The van der Waals surface area contributed by atoms with E-state index < -0.39 is 5.60 Å². The first kappa shape index (κ1) is 15.0. The number of nitrogens with one attached hydrogen (secondary N) is 1. The first-order valence-electron chi connectivity index (χ1n) is 7.79. The topological polar surface area (TPSA) is 58.6 Å². The predicted molar refractivity (Wildman–Crippen MR) is 84.5 cm³/mol. The first-order valence-corrected chi connectivity index (χ1v) is 7.79. The largest absolute Gasteiger partial charge is 0.476 e. The van der Waals surface area contributed by atoms with Crippen molar-refractivity contribution >= 4 is 17.4 Å². The van der Waals surface area contributed by atoms with E-state index in [-0.39, 0.29) is 17.7 Å². The number of carbonyl (C=O) groups is 2. The summed E-state index contributed by atoms with van der Waals surface area (Å²) in [6.45, 7) is 4.39. The molecule has 0 aliphatic carbocycles. The van der Waals surface area contributed by atoms with Gasteiger partial charge in [0.1, 0.15) is 5.75 Å². The fourth-order valence-electron chi connectivity index (χ4n) is 3.13. The average molecular weight is 302 g/mol. The Labute approximate surface area is 130 Å². The number of anilines is 1. The van der Waals surface area contributed by atoms with Crippen molar-refractivity contribution in [2.75, 3.05) is 18.5 Å². The lowest BCUT2D eigenvalue weighted by Gasteiger charge is -2.37. The Morgan fingerprint density at radius 2 is 2.14 bits per heavy atom. The normalized spacial score (nSPS) is 23.7. The van der Waals surface area contributed by atoms with E-state index in [2.05, 4.69) is 5.32 Å². The van der Waals surface area contributed by atoms with Crippen molar-refractivity contribution in [3.8, 4) is 5.75 Å². The van der Waals surface area contributed by atoms with Crippen LogP contribution in [0.1, 0.15) is 43.5 Å². The van der Waals surface area contributed by atoms with Crippen molar-refractivity contribution in [3.63, 3.8) is 0 Å². The van der Waals surface area contributed by atoms with Crippen LogP contribution in [0, 0.1) is 0 Å². The molecule has 2 heterocycles. The summed E-state index contributed by atoms with van der Waals surface area (Å²) < 4.78 is 5.76. The van der Waals surface area contributed by atoms with Gasteiger partial charge in [0.25, 0.3) is 5.91 Å². The van der Waals surface area contributed by atoms with Crippen LogP contribution >= 0.6 is 0 Å². The minimum Gasteiger partial charge on any atom is -0.476 e. The number of fused-ring (bicyclic) bond motifs is 1. The van der Waals surface area contributed by atoms with Crippen molar-refractivity contribution in [3.05, 3.63) is 23.8 Å². The zero-order valence-electron chi connectivity index (χ0n) is 13.3. The molecule has 1 N–H and O–H groups in total. The molecule has 1 saturated heterocycles. The van der Waals surface area contributed by atoms with Gasteiger partial charge < -0.3 is 15.0 Å². The molecule has 5 nitrogen and oxygen atoms in total. The lowest BCUT2D eigenvalue weighted by atomic mass is 9.95. The molecular formula is C17H22N2O3. The number of carbonyl (C=O) groups excluding carboxylic acids is 2. The Morgan fingerprint density at radius 3 is 2.82 bits per heavy atom. The molecule has 2 aliphatic heterocycles. The van der Waals surface area contributed by atoms with E-state index in [0.717, 1.165) is 25.8 Å². The standard InChI is InChI=1S/C17H22N2O3/c1-17(2)16(21)19(3)13-10-11(7-8-14(13)22-17)15(20)12-6-4-5-9-18-12/h7-8,10,12,18H,4-6,9H2,1-3H3. The van der Waals surface area contributed by atoms with E-state index in [1.165, 1.54) is 0 Å². The monoisotopic (exact) mass is 302 g/mol. The van der Waals surface area contributed by atoms with Gasteiger partial charge in [0.2, 0.25) is 0 Å². The molecule has 118 valence electrons. The number of hydrogen-bond donors (Lipinski definition) is 1. The lowest BCUT2D eigenvalue weighted by Crippen LogP contribution is -2.51. The number of ether oxygens (including phenoxy) is 1. The van der Waals surface area contributed by atoms with Gasteiger partial charge in [-0.2, -0.15) is 0 Å². The van der Waals surface area contributed by atoms with Crippen LogP contribution in [0.2, 0.25) is 0 Å². The van der Waals surface area contributed by atoms with Crippen LogP contribution in [0.3, 0.4) is 0 Å². The molecule has 1 unspecified atom stereocenters. The van der Waals surface area contributed by atoms with Crippen LogP contribution < -0.4 is 15.0 Å². The van der Waals surface area contributed by atoms with Gasteiger partial charge in [-0.1, -0.05) is 6.42 Å². The summed E-state index contributed by atoms with van der Waals surface area (Å²) in [6.07, 6.45) is 3.06. The summed E-state index contributed by atoms with van der Waals surface area (Å²) in [4.78, 5) is 26.5. The highest BCUT2D eigenvalue weighted by Crippen LogP contribution is 2.37. The highest BCUT2D eigenvalue weighted by atomic mass is 16.5. The van der Waals surface area contributed by atoms with Crippen molar-refractivity contribution < 1.29 is 14.3 Å². The van der Waals surface area contributed by atoms with Crippen molar-refractivity contribution in [2.24, 2.45) is 0 Å². The summed E-state index contributed by atoms with van der Waals surface area (Å²) in [6, 6.07) is 5.22. The van der Waals surface area contributed by atoms with Crippen LogP contribution in [-0.2, 0) is 4.79 Å². The van der Waals surface area contributed by atoms with Crippen LogP contribution in [0.4, 0.5) is 5.69 Å².